The van der Waals surface area contributed by atoms with Gasteiger partial charge in [0, 0.05) is 22.8 Å². The number of hydrogen-bond donors (Lipinski definition) is 0. The van der Waals surface area contributed by atoms with Crippen LogP contribution in [0.3, 0.4) is 0 Å². The predicted molar refractivity (Wildman–Crippen MR) is 94.8 cm³/mol. The Hall–Kier alpha value is -2.51. The van der Waals surface area contributed by atoms with Gasteiger partial charge in [-0.2, -0.15) is 4.98 Å². The van der Waals surface area contributed by atoms with E-state index in [1.807, 2.05) is 35.7 Å². The van der Waals surface area contributed by atoms with Crippen molar-refractivity contribution < 1.29 is 8.42 Å². The fourth-order valence-electron chi connectivity index (χ4n) is 2.46. The van der Waals surface area contributed by atoms with E-state index < -0.39 is 9.84 Å². The predicted octanol–water partition coefficient (Wildman–Crippen LogP) is 3.53. The summed E-state index contributed by atoms with van der Waals surface area (Å²) in [4.78, 5) is 5.67. The van der Waals surface area contributed by atoms with Crippen LogP contribution < -0.4 is 0 Å². The minimum absolute atomic E-state index is 0.307. The zero-order chi connectivity index (χ0) is 16.7. The number of aromatic nitrogens is 3. The average molecular weight is 355 g/mol. The normalized spacial score (nSPS) is 11.9. The Morgan fingerprint density at radius 2 is 1.67 bits per heavy atom. The lowest BCUT2D eigenvalue weighted by Gasteiger charge is -2.01. The second-order valence-corrected chi connectivity index (χ2v) is 8.27. The van der Waals surface area contributed by atoms with Gasteiger partial charge >= 0.3 is 0 Å². The van der Waals surface area contributed by atoms with E-state index in [0.29, 0.717) is 10.7 Å². The molecule has 7 heteroatoms. The lowest BCUT2D eigenvalue weighted by Crippen LogP contribution is -1.96. The van der Waals surface area contributed by atoms with Gasteiger partial charge in [-0.05, 0) is 12.1 Å². The number of fused-ring (bicyclic) bond motifs is 1. The van der Waals surface area contributed by atoms with Crippen molar-refractivity contribution in [3.8, 4) is 22.6 Å². The fraction of sp³-hybridized carbons (Fsp3) is 0.0588. The molecule has 0 aliphatic heterocycles. The van der Waals surface area contributed by atoms with Gasteiger partial charge in [0.25, 0.3) is 0 Å². The molecule has 0 aliphatic carbocycles. The van der Waals surface area contributed by atoms with Crippen LogP contribution >= 0.6 is 11.3 Å². The van der Waals surface area contributed by atoms with Crippen LogP contribution in [0.2, 0.25) is 0 Å². The lowest BCUT2D eigenvalue weighted by molar-refractivity contribution is 0.602. The highest BCUT2D eigenvalue weighted by atomic mass is 32.2. The summed E-state index contributed by atoms with van der Waals surface area (Å²) in [6.07, 6.45) is 1.20. The smallest absolute Gasteiger partial charge is 0.213 e. The molecule has 0 spiro atoms. The van der Waals surface area contributed by atoms with Crippen molar-refractivity contribution in [2.45, 2.75) is 4.90 Å². The van der Waals surface area contributed by atoms with E-state index in [2.05, 4.69) is 10.1 Å². The van der Waals surface area contributed by atoms with Gasteiger partial charge in [-0.25, -0.2) is 12.9 Å². The monoisotopic (exact) mass is 355 g/mol. The number of rotatable bonds is 3. The van der Waals surface area contributed by atoms with E-state index in [-0.39, 0.29) is 0 Å². The van der Waals surface area contributed by atoms with Crippen molar-refractivity contribution in [2.24, 2.45) is 0 Å². The molecule has 0 bridgehead atoms. The maximum Gasteiger partial charge on any atom is 0.213 e. The number of benzene rings is 2. The average Bonchev–Trinajstić information content (AvgIpc) is 3.15. The topological polar surface area (TPSA) is 64.3 Å². The largest absolute Gasteiger partial charge is 0.224 e. The molecule has 2 aromatic carbocycles. The van der Waals surface area contributed by atoms with Crippen molar-refractivity contribution in [3.63, 3.8) is 0 Å². The van der Waals surface area contributed by atoms with Crippen molar-refractivity contribution in [1.29, 1.82) is 0 Å². The quantitative estimate of drug-likeness (QED) is 0.564. The molecule has 0 unspecified atom stereocenters. The molecule has 2 aromatic heterocycles. The molecule has 4 aromatic rings. The second kappa shape index (κ2) is 5.54. The van der Waals surface area contributed by atoms with Crippen LogP contribution in [0, 0.1) is 0 Å². The summed E-state index contributed by atoms with van der Waals surface area (Å²) in [7, 11) is -3.19. The first kappa shape index (κ1) is 15.0. The molecular weight excluding hydrogens is 342 g/mol. The molecule has 2 heterocycles. The van der Waals surface area contributed by atoms with Crippen LogP contribution in [-0.2, 0) is 9.84 Å². The SMILES string of the molecule is CS(=O)(=O)c1ccc(-c2csc3nc(-c4ccccc4)nn23)cc1. The summed E-state index contributed by atoms with van der Waals surface area (Å²) >= 11 is 1.51. The first-order valence-electron chi connectivity index (χ1n) is 7.22. The zero-order valence-electron chi connectivity index (χ0n) is 12.7. The molecule has 120 valence electrons. The zero-order valence-corrected chi connectivity index (χ0v) is 14.4. The summed E-state index contributed by atoms with van der Waals surface area (Å²) in [5, 5.41) is 6.56. The Labute approximate surface area is 143 Å². The summed E-state index contributed by atoms with van der Waals surface area (Å²) in [6, 6.07) is 16.6. The van der Waals surface area contributed by atoms with Crippen LogP contribution in [0.15, 0.2) is 64.9 Å². The molecule has 5 nitrogen and oxygen atoms in total. The second-order valence-electron chi connectivity index (χ2n) is 5.41. The molecule has 24 heavy (non-hydrogen) atoms. The molecular formula is C17H13N3O2S2. The highest BCUT2D eigenvalue weighted by molar-refractivity contribution is 7.90. The van der Waals surface area contributed by atoms with Gasteiger partial charge in [-0.1, -0.05) is 42.5 Å². The Balaban J connectivity index is 1.79. The van der Waals surface area contributed by atoms with E-state index in [4.69, 9.17) is 0 Å². The van der Waals surface area contributed by atoms with Gasteiger partial charge in [0.1, 0.15) is 0 Å². The minimum atomic E-state index is -3.19. The lowest BCUT2D eigenvalue weighted by atomic mass is 10.2. The van der Waals surface area contributed by atoms with Gasteiger partial charge in [0.15, 0.2) is 15.7 Å². The van der Waals surface area contributed by atoms with Crippen molar-refractivity contribution in [1.82, 2.24) is 14.6 Å². The number of hydrogen-bond acceptors (Lipinski definition) is 5. The molecule has 0 N–H and O–H groups in total. The van der Waals surface area contributed by atoms with Crippen LogP contribution in [-0.4, -0.2) is 29.3 Å². The van der Waals surface area contributed by atoms with E-state index in [1.165, 1.54) is 17.6 Å². The van der Waals surface area contributed by atoms with Crippen molar-refractivity contribution >= 4 is 26.1 Å². The maximum absolute atomic E-state index is 11.6. The Morgan fingerprint density at radius 3 is 2.33 bits per heavy atom. The van der Waals surface area contributed by atoms with E-state index >= 15 is 0 Å². The summed E-state index contributed by atoms with van der Waals surface area (Å²) < 4.78 is 24.9. The minimum Gasteiger partial charge on any atom is -0.224 e. The Morgan fingerprint density at radius 1 is 0.958 bits per heavy atom. The third kappa shape index (κ3) is 2.61. The first-order valence-corrected chi connectivity index (χ1v) is 10.00. The van der Waals surface area contributed by atoms with Crippen molar-refractivity contribution in [2.75, 3.05) is 6.26 Å². The number of nitrogens with zero attached hydrogens (tertiary/aromatic N) is 3. The Bertz CT molecular complexity index is 1110. The summed E-state index contributed by atoms with van der Waals surface area (Å²) in [6.45, 7) is 0. The molecule has 0 amide bonds. The number of thiazole rings is 1. The summed E-state index contributed by atoms with van der Waals surface area (Å²) in [5.74, 6) is 0.677. The Kier molecular flexibility index (Phi) is 3.47. The first-order chi connectivity index (χ1) is 11.5. The van der Waals surface area contributed by atoms with E-state index in [0.717, 1.165) is 21.8 Å². The molecule has 0 saturated carbocycles. The van der Waals surface area contributed by atoms with Gasteiger partial charge in [0.05, 0.1) is 10.6 Å². The molecule has 0 aliphatic rings. The van der Waals surface area contributed by atoms with Crippen LogP contribution in [0.5, 0.6) is 0 Å². The van der Waals surface area contributed by atoms with Gasteiger partial charge in [-0.15, -0.1) is 16.4 Å². The molecule has 0 radical (unpaired) electrons. The summed E-state index contributed by atoms with van der Waals surface area (Å²) in [5.41, 5.74) is 2.76. The maximum atomic E-state index is 11.6. The molecule has 0 fully saturated rings. The molecule has 4 rings (SSSR count). The molecule has 0 saturated heterocycles. The van der Waals surface area contributed by atoms with E-state index in [9.17, 15) is 8.42 Å². The standard InChI is InChI=1S/C17H13N3O2S2/c1-24(21,22)14-9-7-12(8-10-14)15-11-23-17-18-16(19-20(15)17)13-5-3-2-4-6-13/h2-11H,1H3. The van der Waals surface area contributed by atoms with Crippen LogP contribution in [0.25, 0.3) is 27.6 Å². The highest BCUT2D eigenvalue weighted by Gasteiger charge is 2.13. The highest BCUT2D eigenvalue weighted by Crippen LogP contribution is 2.28. The van der Waals surface area contributed by atoms with E-state index in [1.54, 1.807) is 28.8 Å². The van der Waals surface area contributed by atoms with Crippen LogP contribution in [0.1, 0.15) is 0 Å². The number of sulfone groups is 1. The third-order valence-electron chi connectivity index (χ3n) is 3.69. The van der Waals surface area contributed by atoms with Crippen LogP contribution in [0.4, 0.5) is 0 Å². The van der Waals surface area contributed by atoms with Gasteiger partial charge < -0.3 is 0 Å². The van der Waals surface area contributed by atoms with Gasteiger partial charge in [0.2, 0.25) is 4.96 Å². The van der Waals surface area contributed by atoms with Crippen molar-refractivity contribution in [3.05, 3.63) is 60.0 Å². The fourth-order valence-corrected chi connectivity index (χ4v) is 3.92. The third-order valence-corrected chi connectivity index (χ3v) is 5.64. The molecule has 0 atom stereocenters. The van der Waals surface area contributed by atoms with Gasteiger partial charge in [-0.3, -0.25) is 0 Å².